The van der Waals surface area contributed by atoms with E-state index in [-0.39, 0.29) is 23.3 Å². The fourth-order valence-electron chi connectivity index (χ4n) is 1.75. The van der Waals surface area contributed by atoms with E-state index in [9.17, 15) is 8.42 Å². The van der Waals surface area contributed by atoms with E-state index in [1.54, 1.807) is 12.1 Å². The van der Waals surface area contributed by atoms with Crippen molar-refractivity contribution in [2.24, 2.45) is 5.92 Å². The number of sulfonamides is 1. The zero-order valence-electron chi connectivity index (χ0n) is 12.7. The third-order valence-corrected chi connectivity index (χ3v) is 4.64. The molecule has 0 aliphatic heterocycles. The number of nitrogens with zero attached hydrogens (tertiary/aromatic N) is 1. The summed E-state index contributed by atoms with van der Waals surface area (Å²) in [6.07, 6.45) is 0.271. The van der Waals surface area contributed by atoms with Crippen LogP contribution in [-0.4, -0.2) is 27.7 Å². The van der Waals surface area contributed by atoms with Crippen molar-refractivity contribution in [2.45, 2.75) is 38.1 Å². The van der Waals surface area contributed by atoms with E-state index in [1.807, 2.05) is 26.8 Å². The van der Waals surface area contributed by atoms with E-state index < -0.39 is 10.0 Å². The Hall–Kier alpha value is -1.42. The van der Waals surface area contributed by atoms with Crippen molar-refractivity contribution >= 4 is 10.0 Å². The smallest absolute Gasteiger partial charge is 0.240 e. The first-order valence-electron chi connectivity index (χ1n) is 6.96. The minimum absolute atomic E-state index is 0.129. The lowest BCUT2D eigenvalue weighted by Gasteiger charge is -2.22. The maximum absolute atomic E-state index is 12.3. The minimum atomic E-state index is -3.58. The summed E-state index contributed by atoms with van der Waals surface area (Å²) in [5, 5.41) is 8.62. The molecular formula is C15H22N2O3S. The van der Waals surface area contributed by atoms with Gasteiger partial charge in [0.05, 0.1) is 24.0 Å². The highest BCUT2D eigenvalue weighted by molar-refractivity contribution is 7.89. The van der Waals surface area contributed by atoms with Crippen LogP contribution in [0.25, 0.3) is 0 Å². The number of hydrogen-bond acceptors (Lipinski definition) is 4. The number of ether oxygens (including phenoxy) is 1. The molecule has 0 aromatic heterocycles. The zero-order valence-corrected chi connectivity index (χ0v) is 13.5. The van der Waals surface area contributed by atoms with Gasteiger partial charge in [-0.1, -0.05) is 26.0 Å². The van der Waals surface area contributed by atoms with Gasteiger partial charge in [-0.2, -0.15) is 5.26 Å². The third-order valence-electron chi connectivity index (χ3n) is 3.13. The fraction of sp³-hybridized carbons (Fsp3) is 0.533. The molecular weight excluding hydrogens is 288 g/mol. The molecule has 1 aromatic rings. The van der Waals surface area contributed by atoms with Gasteiger partial charge < -0.3 is 4.74 Å². The predicted molar refractivity (Wildman–Crippen MR) is 81.2 cm³/mol. The first-order valence-corrected chi connectivity index (χ1v) is 8.45. The number of nitrogens with one attached hydrogen (secondary N) is 1. The second kappa shape index (κ2) is 8.13. The molecule has 6 heteroatoms. The second-order valence-electron chi connectivity index (χ2n) is 5.11. The maximum Gasteiger partial charge on any atom is 0.240 e. The van der Waals surface area contributed by atoms with Crippen LogP contribution in [0.3, 0.4) is 0 Å². The van der Waals surface area contributed by atoms with E-state index in [0.29, 0.717) is 13.2 Å². The monoisotopic (exact) mass is 310 g/mol. The Labute approximate surface area is 127 Å². The van der Waals surface area contributed by atoms with Gasteiger partial charge in [0, 0.05) is 12.6 Å². The molecule has 1 aromatic carbocycles. The molecule has 1 unspecified atom stereocenters. The molecule has 0 spiro atoms. The van der Waals surface area contributed by atoms with Crippen LogP contribution >= 0.6 is 0 Å². The predicted octanol–water partition coefficient (Wildman–Crippen LogP) is 2.09. The first-order chi connectivity index (χ1) is 9.90. The van der Waals surface area contributed by atoms with Crippen LogP contribution in [0.2, 0.25) is 0 Å². The average molecular weight is 310 g/mol. The average Bonchev–Trinajstić information content (AvgIpc) is 2.44. The lowest BCUT2D eigenvalue weighted by molar-refractivity contribution is 0.116. The molecule has 1 N–H and O–H groups in total. The maximum atomic E-state index is 12.3. The molecule has 5 nitrogen and oxygen atoms in total. The van der Waals surface area contributed by atoms with Gasteiger partial charge in [-0.05, 0) is 30.5 Å². The minimum Gasteiger partial charge on any atom is -0.380 e. The van der Waals surface area contributed by atoms with Gasteiger partial charge in [0.1, 0.15) is 0 Å². The zero-order chi connectivity index (χ0) is 15.9. The molecule has 0 aliphatic rings. The van der Waals surface area contributed by atoms with Crippen LogP contribution in [0.5, 0.6) is 0 Å². The van der Waals surface area contributed by atoms with Crippen molar-refractivity contribution in [3.8, 4) is 6.07 Å². The summed E-state index contributed by atoms with van der Waals surface area (Å²) in [7, 11) is -3.58. The summed E-state index contributed by atoms with van der Waals surface area (Å²) in [5.74, 6) is 0.129. The van der Waals surface area contributed by atoms with Crippen LogP contribution in [0, 0.1) is 17.2 Å². The Kier molecular flexibility index (Phi) is 6.82. The molecule has 0 radical (unpaired) electrons. The topological polar surface area (TPSA) is 79.2 Å². The quantitative estimate of drug-likeness (QED) is 0.797. The molecule has 0 heterocycles. The van der Waals surface area contributed by atoms with E-state index in [0.717, 1.165) is 5.56 Å². The van der Waals surface area contributed by atoms with Gasteiger partial charge in [-0.15, -0.1) is 0 Å². The van der Waals surface area contributed by atoms with E-state index in [1.165, 1.54) is 12.1 Å². The molecule has 116 valence electrons. The van der Waals surface area contributed by atoms with Crippen molar-refractivity contribution in [1.82, 2.24) is 4.72 Å². The molecule has 1 rings (SSSR count). The second-order valence-corrected chi connectivity index (χ2v) is 6.82. The van der Waals surface area contributed by atoms with Gasteiger partial charge in [-0.3, -0.25) is 0 Å². The van der Waals surface area contributed by atoms with Crippen LogP contribution in [-0.2, 0) is 21.2 Å². The summed E-state index contributed by atoms with van der Waals surface area (Å²) < 4.78 is 32.7. The van der Waals surface area contributed by atoms with Crippen molar-refractivity contribution in [2.75, 3.05) is 13.2 Å². The Morgan fingerprint density at radius 2 is 1.90 bits per heavy atom. The highest BCUT2D eigenvalue weighted by Gasteiger charge is 2.22. The van der Waals surface area contributed by atoms with Crippen LogP contribution in [0.4, 0.5) is 0 Å². The Bertz CT molecular complexity index is 574. The van der Waals surface area contributed by atoms with Gasteiger partial charge in [0.25, 0.3) is 0 Å². The fourth-order valence-corrected chi connectivity index (χ4v) is 3.12. The van der Waals surface area contributed by atoms with Crippen LogP contribution in [0.1, 0.15) is 26.3 Å². The van der Waals surface area contributed by atoms with Gasteiger partial charge >= 0.3 is 0 Å². The van der Waals surface area contributed by atoms with Gasteiger partial charge in [0.15, 0.2) is 0 Å². The number of benzene rings is 1. The van der Waals surface area contributed by atoms with Crippen LogP contribution in [0.15, 0.2) is 29.2 Å². The molecule has 0 amide bonds. The molecule has 1 atom stereocenters. The molecule has 0 saturated carbocycles. The SMILES string of the molecule is CCOCC(NS(=O)(=O)c1ccc(CC#N)cc1)C(C)C. The molecule has 0 saturated heterocycles. The summed E-state index contributed by atoms with van der Waals surface area (Å²) in [6.45, 7) is 6.66. The number of hydrogen-bond donors (Lipinski definition) is 1. The molecule has 0 fully saturated rings. The molecule has 21 heavy (non-hydrogen) atoms. The molecule has 0 aliphatic carbocycles. The first kappa shape index (κ1) is 17.6. The van der Waals surface area contributed by atoms with E-state index in [4.69, 9.17) is 10.00 Å². The van der Waals surface area contributed by atoms with Crippen molar-refractivity contribution < 1.29 is 13.2 Å². The van der Waals surface area contributed by atoms with Crippen LogP contribution < -0.4 is 4.72 Å². The van der Waals surface area contributed by atoms with Crippen molar-refractivity contribution in [1.29, 1.82) is 5.26 Å². The third kappa shape index (κ3) is 5.46. The van der Waals surface area contributed by atoms with E-state index in [2.05, 4.69) is 4.72 Å². The largest absolute Gasteiger partial charge is 0.380 e. The Morgan fingerprint density at radius 3 is 2.38 bits per heavy atom. The highest BCUT2D eigenvalue weighted by Crippen LogP contribution is 2.13. The highest BCUT2D eigenvalue weighted by atomic mass is 32.2. The Morgan fingerprint density at radius 1 is 1.29 bits per heavy atom. The van der Waals surface area contributed by atoms with Gasteiger partial charge in [0.2, 0.25) is 10.0 Å². The summed E-state index contributed by atoms with van der Waals surface area (Å²) in [6, 6.07) is 8.12. The Balaban J connectivity index is 2.86. The standard InChI is InChI=1S/C15H22N2O3S/c1-4-20-11-15(12(2)3)17-21(18,19)14-7-5-13(6-8-14)9-10-16/h5-8,12,15,17H,4,9,11H2,1-3H3. The lowest BCUT2D eigenvalue weighted by atomic mass is 10.1. The lowest BCUT2D eigenvalue weighted by Crippen LogP contribution is -2.41. The van der Waals surface area contributed by atoms with Gasteiger partial charge in [-0.25, -0.2) is 13.1 Å². The molecule has 0 bridgehead atoms. The summed E-state index contributed by atoms with van der Waals surface area (Å²) in [4.78, 5) is 0.200. The van der Waals surface area contributed by atoms with Crippen molar-refractivity contribution in [3.63, 3.8) is 0 Å². The summed E-state index contributed by atoms with van der Waals surface area (Å²) >= 11 is 0. The van der Waals surface area contributed by atoms with E-state index >= 15 is 0 Å². The van der Waals surface area contributed by atoms with Crippen molar-refractivity contribution in [3.05, 3.63) is 29.8 Å². The number of nitriles is 1. The number of rotatable bonds is 8. The normalized spacial score (nSPS) is 13.1. The summed E-state index contributed by atoms with van der Waals surface area (Å²) in [5.41, 5.74) is 0.797.